The average Bonchev–Trinajstić information content (AvgIpc) is 2.75. The van der Waals surface area contributed by atoms with Crippen LogP contribution in [0.25, 0.3) is 0 Å². The van der Waals surface area contributed by atoms with Gasteiger partial charge in [0.2, 0.25) is 5.91 Å². The number of carbonyl (C=O) groups is 1. The van der Waals surface area contributed by atoms with Gasteiger partial charge in [0.05, 0.1) is 33.3 Å². The number of hydrogen-bond acceptors (Lipinski definition) is 5. The van der Waals surface area contributed by atoms with Crippen molar-refractivity contribution in [1.29, 1.82) is 0 Å². The van der Waals surface area contributed by atoms with Gasteiger partial charge in [-0.2, -0.15) is 0 Å². The number of carbonyl (C=O) groups excluding carboxylic acids is 1. The van der Waals surface area contributed by atoms with Crippen molar-refractivity contribution >= 4 is 5.91 Å². The van der Waals surface area contributed by atoms with Crippen molar-refractivity contribution < 1.29 is 19.0 Å². The van der Waals surface area contributed by atoms with Gasteiger partial charge in [-0.1, -0.05) is 18.2 Å². The molecule has 0 radical (unpaired) electrons. The van der Waals surface area contributed by atoms with Crippen molar-refractivity contribution in [2.45, 2.75) is 19.4 Å². The van der Waals surface area contributed by atoms with Crippen LogP contribution in [-0.4, -0.2) is 63.2 Å². The van der Waals surface area contributed by atoms with Crippen molar-refractivity contribution in [1.82, 2.24) is 9.80 Å². The molecule has 1 atom stereocenters. The van der Waals surface area contributed by atoms with Crippen molar-refractivity contribution in [3.63, 3.8) is 0 Å². The molecule has 1 unspecified atom stereocenters. The normalized spacial score (nSPS) is 17.1. The van der Waals surface area contributed by atoms with Gasteiger partial charge in [0.1, 0.15) is 5.75 Å². The number of benzene rings is 2. The summed E-state index contributed by atoms with van der Waals surface area (Å²) < 4.78 is 16.3. The van der Waals surface area contributed by atoms with Crippen LogP contribution in [0, 0.1) is 0 Å². The van der Waals surface area contributed by atoms with Crippen LogP contribution in [0.15, 0.2) is 42.5 Å². The van der Waals surface area contributed by atoms with Crippen LogP contribution >= 0.6 is 0 Å². The maximum Gasteiger partial charge on any atom is 0.227 e. The molecule has 0 aromatic heterocycles. The number of likely N-dealkylation sites (N-methyl/N-ethyl adjacent to an activating group) is 1. The van der Waals surface area contributed by atoms with Gasteiger partial charge >= 0.3 is 0 Å². The lowest BCUT2D eigenvalue weighted by Crippen LogP contribution is -2.49. The maximum absolute atomic E-state index is 12.9. The van der Waals surface area contributed by atoms with Crippen LogP contribution in [0.2, 0.25) is 0 Å². The third-order valence-electron chi connectivity index (χ3n) is 5.38. The third-order valence-corrected chi connectivity index (χ3v) is 5.38. The molecule has 3 rings (SSSR count). The first-order valence-electron chi connectivity index (χ1n) is 9.97. The number of methoxy groups -OCH3 is 2. The molecule has 29 heavy (non-hydrogen) atoms. The van der Waals surface area contributed by atoms with Crippen molar-refractivity contribution in [3.8, 4) is 17.2 Å². The van der Waals surface area contributed by atoms with E-state index in [0.717, 1.165) is 30.0 Å². The molecule has 1 fully saturated rings. The van der Waals surface area contributed by atoms with E-state index in [1.807, 2.05) is 54.3 Å². The zero-order valence-corrected chi connectivity index (χ0v) is 17.7. The Bertz CT molecular complexity index is 822. The highest BCUT2D eigenvalue weighted by Crippen LogP contribution is 2.33. The molecule has 2 aromatic rings. The standard InChI is InChI=1S/C23H30N2O4/c1-5-29-19-9-6-17(7-10-19)14-23(26)25-13-12-24(2)20(16-25)18-8-11-21(27-3)22(15-18)28-4/h6-11,15,20H,5,12-14,16H2,1-4H3. The summed E-state index contributed by atoms with van der Waals surface area (Å²) in [6, 6.07) is 13.8. The number of rotatable bonds is 7. The van der Waals surface area contributed by atoms with Crippen LogP contribution in [0.1, 0.15) is 24.1 Å². The number of piperazine rings is 1. The molecule has 1 saturated heterocycles. The highest BCUT2D eigenvalue weighted by molar-refractivity contribution is 5.79. The Morgan fingerprint density at radius 3 is 2.41 bits per heavy atom. The molecule has 0 saturated carbocycles. The molecule has 6 nitrogen and oxygen atoms in total. The fourth-order valence-electron chi connectivity index (χ4n) is 3.68. The summed E-state index contributed by atoms with van der Waals surface area (Å²) >= 11 is 0. The number of ether oxygens (including phenoxy) is 3. The zero-order chi connectivity index (χ0) is 20.8. The smallest absolute Gasteiger partial charge is 0.227 e. The molecule has 1 heterocycles. The predicted octanol–water partition coefficient (Wildman–Crippen LogP) is 3.16. The van der Waals surface area contributed by atoms with E-state index in [1.165, 1.54) is 0 Å². The van der Waals surface area contributed by atoms with Gasteiger partial charge < -0.3 is 19.1 Å². The summed E-state index contributed by atoms with van der Waals surface area (Å²) in [4.78, 5) is 17.2. The van der Waals surface area contributed by atoms with E-state index in [0.29, 0.717) is 31.1 Å². The summed E-state index contributed by atoms with van der Waals surface area (Å²) in [6.07, 6.45) is 0.398. The lowest BCUT2D eigenvalue weighted by atomic mass is 10.0. The molecule has 6 heteroatoms. The summed E-state index contributed by atoms with van der Waals surface area (Å²) in [6.45, 7) is 4.81. The Morgan fingerprint density at radius 1 is 1.03 bits per heavy atom. The van der Waals surface area contributed by atoms with Gasteiger partial charge in [-0.05, 0) is 49.4 Å². The zero-order valence-electron chi connectivity index (χ0n) is 17.7. The summed E-state index contributed by atoms with van der Waals surface area (Å²) in [7, 11) is 5.36. The summed E-state index contributed by atoms with van der Waals surface area (Å²) in [5, 5.41) is 0. The number of amides is 1. The minimum atomic E-state index is 0.118. The number of nitrogens with zero attached hydrogens (tertiary/aromatic N) is 2. The molecular weight excluding hydrogens is 368 g/mol. The largest absolute Gasteiger partial charge is 0.494 e. The van der Waals surface area contributed by atoms with Crippen molar-refractivity contribution in [2.75, 3.05) is 47.5 Å². The second-order valence-corrected chi connectivity index (χ2v) is 7.20. The Balaban J connectivity index is 1.69. The van der Waals surface area contributed by atoms with Crippen LogP contribution in [-0.2, 0) is 11.2 Å². The van der Waals surface area contributed by atoms with E-state index in [4.69, 9.17) is 14.2 Å². The molecule has 1 amide bonds. The molecule has 0 spiro atoms. The molecule has 0 bridgehead atoms. The Morgan fingerprint density at radius 2 is 1.76 bits per heavy atom. The minimum Gasteiger partial charge on any atom is -0.494 e. The lowest BCUT2D eigenvalue weighted by molar-refractivity contribution is -0.133. The van der Waals surface area contributed by atoms with Crippen LogP contribution in [0.5, 0.6) is 17.2 Å². The molecular formula is C23H30N2O4. The van der Waals surface area contributed by atoms with E-state index >= 15 is 0 Å². The van der Waals surface area contributed by atoms with Crippen LogP contribution < -0.4 is 14.2 Å². The molecule has 0 N–H and O–H groups in total. The molecule has 2 aromatic carbocycles. The van der Waals surface area contributed by atoms with E-state index in [2.05, 4.69) is 11.9 Å². The average molecular weight is 399 g/mol. The van der Waals surface area contributed by atoms with Crippen molar-refractivity contribution in [2.24, 2.45) is 0 Å². The van der Waals surface area contributed by atoms with E-state index < -0.39 is 0 Å². The Hall–Kier alpha value is -2.73. The molecule has 1 aliphatic rings. The van der Waals surface area contributed by atoms with E-state index in [1.54, 1.807) is 14.2 Å². The Labute approximate surface area is 173 Å². The van der Waals surface area contributed by atoms with Gasteiger partial charge in [0.15, 0.2) is 11.5 Å². The Kier molecular flexibility index (Phi) is 6.99. The van der Waals surface area contributed by atoms with Crippen molar-refractivity contribution in [3.05, 3.63) is 53.6 Å². The van der Waals surface area contributed by atoms with E-state index in [-0.39, 0.29) is 11.9 Å². The first-order chi connectivity index (χ1) is 14.0. The minimum absolute atomic E-state index is 0.118. The molecule has 1 aliphatic heterocycles. The molecule has 0 aliphatic carbocycles. The first kappa shape index (κ1) is 21.0. The van der Waals surface area contributed by atoms with Gasteiger partial charge in [-0.3, -0.25) is 9.69 Å². The quantitative estimate of drug-likeness (QED) is 0.717. The second-order valence-electron chi connectivity index (χ2n) is 7.20. The van der Waals surface area contributed by atoms with Gasteiger partial charge in [0.25, 0.3) is 0 Å². The topological polar surface area (TPSA) is 51.2 Å². The van der Waals surface area contributed by atoms with E-state index in [9.17, 15) is 4.79 Å². The highest BCUT2D eigenvalue weighted by Gasteiger charge is 2.29. The maximum atomic E-state index is 12.9. The first-order valence-corrected chi connectivity index (χ1v) is 9.97. The van der Waals surface area contributed by atoms with Gasteiger partial charge in [-0.15, -0.1) is 0 Å². The fraction of sp³-hybridized carbons (Fsp3) is 0.435. The lowest BCUT2D eigenvalue weighted by Gasteiger charge is -2.40. The predicted molar refractivity (Wildman–Crippen MR) is 113 cm³/mol. The van der Waals surface area contributed by atoms with Crippen LogP contribution in [0.3, 0.4) is 0 Å². The summed E-state index contributed by atoms with van der Waals surface area (Å²) in [5.41, 5.74) is 2.11. The highest BCUT2D eigenvalue weighted by atomic mass is 16.5. The molecule has 156 valence electrons. The third kappa shape index (κ3) is 5.01. The SMILES string of the molecule is CCOc1ccc(CC(=O)N2CCN(C)C(c3ccc(OC)c(OC)c3)C2)cc1. The van der Waals surface area contributed by atoms with Gasteiger partial charge in [-0.25, -0.2) is 0 Å². The van der Waals surface area contributed by atoms with Crippen LogP contribution in [0.4, 0.5) is 0 Å². The monoisotopic (exact) mass is 398 g/mol. The fourth-order valence-corrected chi connectivity index (χ4v) is 3.68. The second kappa shape index (κ2) is 9.65. The van der Waals surface area contributed by atoms with Gasteiger partial charge in [0, 0.05) is 19.6 Å². The summed E-state index contributed by atoms with van der Waals surface area (Å²) in [5.74, 6) is 2.39. The number of hydrogen-bond donors (Lipinski definition) is 0.